The predicted molar refractivity (Wildman–Crippen MR) is 196 cm³/mol. The van der Waals surface area contributed by atoms with Crippen LogP contribution in [0.3, 0.4) is 0 Å². The van der Waals surface area contributed by atoms with Crippen LogP contribution in [0, 0.1) is 11.8 Å². The van der Waals surface area contributed by atoms with Gasteiger partial charge in [0, 0.05) is 13.3 Å². The number of benzene rings is 3. The number of hydrogen-bond acceptors (Lipinski definition) is 9. The summed E-state index contributed by atoms with van der Waals surface area (Å²) in [5.41, 5.74) is 7.30. The van der Waals surface area contributed by atoms with E-state index in [-0.39, 0.29) is 31.1 Å². The summed E-state index contributed by atoms with van der Waals surface area (Å²) in [6.07, 6.45) is -2.01. The summed E-state index contributed by atoms with van der Waals surface area (Å²) in [7, 11) is 0. The average Bonchev–Trinajstić information content (AvgIpc) is 3.09. The van der Waals surface area contributed by atoms with Crippen LogP contribution in [0.2, 0.25) is 0 Å². The van der Waals surface area contributed by atoms with Crippen molar-refractivity contribution >= 4 is 29.6 Å². The number of imide groups is 2. The maximum absolute atomic E-state index is 15.0. The summed E-state index contributed by atoms with van der Waals surface area (Å²) in [5, 5.41) is 22.5. The molecule has 12 heteroatoms. The van der Waals surface area contributed by atoms with E-state index in [0.29, 0.717) is 27.5 Å². The molecule has 0 radical (unpaired) electrons. The zero-order valence-electron chi connectivity index (χ0n) is 30.6. The number of aliphatic carboxylic acids is 1. The maximum atomic E-state index is 15.0. The van der Waals surface area contributed by atoms with E-state index >= 15 is 0 Å². The number of carbonyl (C=O) groups is 5. The third-order valence-corrected chi connectivity index (χ3v) is 8.51. The molecule has 0 aliphatic rings. The van der Waals surface area contributed by atoms with Crippen LogP contribution in [-0.2, 0) is 36.8 Å². The van der Waals surface area contributed by atoms with Crippen LogP contribution >= 0.6 is 0 Å². The number of aryl methyl sites for hydroxylation is 1. The highest BCUT2D eigenvalue weighted by molar-refractivity contribution is 6.08. The van der Waals surface area contributed by atoms with E-state index in [9.17, 15) is 34.2 Å². The second-order valence-corrected chi connectivity index (χ2v) is 13.9. The molecule has 0 aliphatic heterocycles. The highest BCUT2D eigenvalue weighted by Gasteiger charge is 2.59. The summed E-state index contributed by atoms with van der Waals surface area (Å²) in [5.74, 6) is -6.04. The molecule has 0 spiro atoms. The van der Waals surface area contributed by atoms with E-state index in [4.69, 9.17) is 10.6 Å². The number of carbonyl (C=O) groups excluding carboxylic acids is 4. The van der Waals surface area contributed by atoms with Gasteiger partial charge in [0.1, 0.15) is 11.8 Å². The fraction of sp³-hybridized carbons (Fsp3) is 0.425. The molecule has 5 N–H and O–H groups in total. The Morgan fingerprint density at radius 1 is 0.769 bits per heavy atom. The molecule has 280 valence electrons. The molecule has 4 atom stereocenters. The number of carboxylic acids is 1. The minimum absolute atomic E-state index is 0.0634. The first-order chi connectivity index (χ1) is 24.7. The van der Waals surface area contributed by atoms with Gasteiger partial charge in [-0.3, -0.25) is 19.2 Å². The minimum atomic E-state index is -2.93. The first-order valence-corrected chi connectivity index (χ1v) is 17.6. The van der Waals surface area contributed by atoms with Crippen molar-refractivity contribution in [1.82, 2.24) is 15.3 Å². The fourth-order valence-electron chi connectivity index (χ4n) is 6.12. The number of nitrogens with two attached hydrogens (primary N) is 1. The van der Waals surface area contributed by atoms with Gasteiger partial charge < -0.3 is 20.8 Å². The second kappa shape index (κ2) is 19.6. The Kier molecular flexibility index (Phi) is 15.7. The Labute approximate surface area is 305 Å². The van der Waals surface area contributed by atoms with Crippen LogP contribution in [0.1, 0.15) is 71.4 Å². The van der Waals surface area contributed by atoms with E-state index in [1.807, 2.05) is 58.0 Å². The number of para-hydroxylation sites is 1. The summed E-state index contributed by atoms with van der Waals surface area (Å²) >= 11 is 0. The molecule has 0 aliphatic carbocycles. The Morgan fingerprint density at radius 3 is 1.79 bits per heavy atom. The number of amides is 4. The van der Waals surface area contributed by atoms with Gasteiger partial charge >= 0.3 is 5.97 Å². The molecule has 1 unspecified atom stereocenters. The van der Waals surface area contributed by atoms with Crippen molar-refractivity contribution in [2.24, 2.45) is 17.6 Å². The van der Waals surface area contributed by atoms with Gasteiger partial charge in [-0.05, 0) is 60.8 Å². The zero-order valence-corrected chi connectivity index (χ0v) is 30.6. The number of aliphatic hydroxyl groups is 1. The summed E-state index contributed by atoms with van der Waals surface area (Å²) in [6.45, 7) is 8.27. The van der Waals surface area contributed by atoms with Gasteiger partial charge in [0.2, 0.25) is 23.4 Å². The van der Waals surface area contributed by atoms with Crippen LogP contribution in [0.15, 0.2) is 91.0 Å². The van der Waals surface area contributed by atoms with Crippen molar-refractivity contribution in [3.05, 3.63) is 102 Å². The van der Waals surface area contributed by atoms with Crippen molar-refractivity contribution in [1.29, 1.82) is 0 Å². The number of rotatable bonds is 19. The van der Waals surface area contributed by atoms with Crippen LogP contribution in [0.5, 0.6) is 5.75 Å². The molecule has 0 saturated carbocycles. The molecule has 0 saturated heterocycles. The number of hydroxylamine groups is 1. The Bertz CT molecular complexity index is 1620. The summed E-state index contributed by atoms with van der Waals surface area (Å²) in [4.78, 5) is 78.1. The Hall–Kier alpha value is -4.91. The van der Waals surface area contributed by atoms with Gasteiger partial charge in [0.15, 0.2) is 0 Å². The number of nitrogens with one attached hydrogen (secondary N) is 1. The lowest BCUT2D eigenvalue weighted by molar-refractivity contribution is -0.189. The molecule has 12 nitrogen and oxygen atoms in total. The molecule has 52 heavy (non-hydrogen) atoms. The molecule has 0 fully saturated rings. The van der Waals surface area contributed by atoms with Crippen LogP contribution in [0.25, 0.3) is 0 Å². The van der Waals surface area contributed by atoms with Crippen molar-refractivity contribution in [3.8, 4) is 5.75 Å². The van der Waals surface area contributed by atoms with Gasteiger partial charge in [-0.2, -0.15) is 0 Å². The third kappa shape index (κ3) is 11.3. The molecule has 3 aromatic carbocycles. The highest BCUT2D eigenvalue weighted by atomic mass is 16.6. The number of nitrogens with zero attached hydrogens (tertiary/aromatic N) is 2. The van der Waals surface area contributed by atoms with Crippen molar-refractivity contribution in [2.75, 3.05) is 0 Å². The van der Waals surface area contributed by atoms with Crippen molar-refractivity contribution in [2.45, 2.75) is 97.0 Å². The monoisotopic (exact) mass is 716 g/mol. The van der Waals surface area contributed by atoms with Crippen LogP contribution in [0.4, 0.5) is 0 Å². The lowest BCUT2D eigenvalue weighted by Gasteiger charge is -2.47. The maximum Gasteiger partial charge on any atom is 0.352 e. The van der Waals surface area contributed by atoms with Gasteiger partial charge in [0.05, 0.1) is 18.6 Å². The molecule has 4 amide bonds. The highest BCUT2D eigenvalue weighted by Crippen LogP contribution is 2.32. The normalized spacial score (nSPS) is 14.2. The third-order valence-electron chi connectivity index (χ3n) is 8.51. The Balaban J connectivity index is 2.26. The van der Waals surface area contributed by atoms with E-state index in [0.717, 1.165) is 12.5 Å². The van der Waals surface area contributed by atoms with Gasteiger partial charge in [-0.15, -0.1) is 5.48 Å². The van der Waals surface area contributed by atoms with E-state index in [1.165, 1.54) is 0 Å². The zero-order chi connectivity index (χ0) is 38.4. The van der Waals surface area contributed by atoms with Crippen LogP contribution < -0.4 is 16.1 Å². The molecule has 3 aromatic rings. The molecular formula is C40H52N4O8. The molecule has 3 rings (SSSR count). The SMILES string of the molecule is CC(=O)N(C(=O)[C@@H](N)CC(C)C)C(Cc1ccccc1)(C(=O)O)N(C(=O)C[C@@H](O)CCc1ccccc1)C(=O)[C@H](CC(C)C)NOc1ccccc1. The first-order valence-electron chi connectivity index (χ1n) is 17.6. The van der Waals surface area contributed by atoms with E-state index in [1.54, 1.807) is 60.7 Å². The lowest BCUT2D eigenvalue weighted by Crippen LogP contribution is -2.74. The first kappa shape index (κ1) is 41.5. The van der Waals surface area contributed by atoms with Gasteiger partial charge in [-0.25, -0.2) is 14.6 Å². The van der Waals surface area contributed by atoms with Gasteiger partial charge in [-0.1, -0.05) is 107 Å². The second-order valence-electron chi connectivity index (χ2n) is 13.9. The molecule has 0 heterocycles. The smallest absolute Gasteiger partial charge is 0.352 e. The van der Waals surface area contributed by atoms with Crippen molar-refractivity contribution < 1.29 is 39.0 Å². The topological polar surface area (TPSA) is 180 Å². The van der Waals surface area contributed by atoms with E-state index < -0.39 is 66.3 Å². The number of aliphatic hydroxyl groups excluding tert-OH is 1. The minimum Gasteiger partial charge on any atom is -0.478 e. The fourth-order valence-corrected chi connectivity index (χ4v) is 6.12. The van der Waals surface area contributed by atoms with Crippen LogP contribution in [-0.4, -0.2) is 73.5 Å². The molecule has 0 aromatic heterocycles. The quantitative estimate of drug-likeness (QED) is 0.102. The predicted octanol–water partition coefficient (Wildman–Crippen LogP) is 4.50. The summed E-state index contributed by atoms with van der Waals surface area (Å²) in [6, 6.07) is 23.2. The number of hydrogen-bond donors (Lipinski definition) is 4. The van der Waals surface area contributed by atoms with E-state index in [2.05, 4.69) is 5.48 Å². The molecule has 0 bridgehead atoms. The largest absolute Gasteiger partial charge is 0.478 e. The lowest BCUT2D eigenvalue weighted by atomic mass is 9.91. The van der Waals surface area contributed by atoms with Gasteiger partial charge in [0.25, 0.3) is 5.91 Å². The number of carboxylic acid groups (broad SMARTS) is 1. The standard InChI is InChI=1S/C40H52N4O8/c1-27(2)23-34(41)37(48)43(29(5)45)40(39(50)51,26-31-17-11-7-12-18-31)44(36(47)25-32(46)22-21-30-15-9-6-10-16-30)38(49)35(24-28(3)4)42-52-33-19-13-8-14-20-33/h6-20,27-28,32,34-35,42,46H,21-26,41H2,1-5H3,(H,50,51)/t32-,34-,35-,40?/m0/s1. The summed E-state index contributed by atoms with van der Waals surface area (Å²) < 4.78 is 0. The molecular weight excluding hydrogens is 664 g/mol. The van der Waals surface area contributed by atoms with Crippen molar-refractivity contribution in [3.63, 3.8) is 0 Å². The average molecular weight is 717 g/mol. The Morgan fingerprint density at radius 2 is 1.29 bits per heavy atom.